The largest absolute Gasteiger partial charge is 0.443 e. The molecule has 1 aromatic heterocycles. The summed E-state index contributed by atoms with van der Waals surface area (Å²) in [6.07, 6.45) is -0.819. The Morgan fingerprint density at radius 3 is 2.75 bits per heavy atom. The number of fused-ring (bicyclic) bond motifs is 1. The number of cyclic esters (lactones) is 1. The van der Waals surface area contributed by atoms with Crippen molar-refractivity contribution in [3.05, 3.63) is 22.8 Å². The van der Waals surface area contributed by atoms with Crippen LogP contribution in [0.3, 0.4) is 0 Å². The van der Waals surface area contributed by atoms with Gasteiger partial charge in [-0.2, -0.15) is 4.90 Å². The summed E-state index contributed by atoms with van der Waals surface area (Å²) in [5.41, 5.74) is -0.251. The zero-order valence-corrected chi connectivity index (χ0v) is 12.4. The van der Waals surface area contributed by atoms with Gasteiger partial charge < -0.3 is 9.47 Å². The molecule has 0 N–H and O–H groups in total. The Hall–Kier alpha value is -1.82. The number of carbonyl (C=O) groups excluding carboxylic acids is 2. The first-order valence-corrected chi connectivity index (χ1v) is 6.46. The summed E-state index contributed by atoms with van der Waals surface area (Å²) in [6.45, 7) is 6.77. The van der Waals surface area contributed by atoms with E-state index in [1.807, 2.05) is 0 Å². The van der Waals surface area contributed by atoms with E-state index in [4.69, 9.17) is 21.1 Å². The van der Waals surface area contributed by atoms with Crippen LogP contribution >= 0.6 is 11.6 Å². The van der Waals surface area contributed by atoms with E-state index in [1.165, 1.54) is 6.20 Å². The molecule has 1 aliphatic rings. The van der Waals surface area contributed by atoms with Gasteiger partial charge in [0, 0.05) is 6.20 Å². The summed E-state index contributed by atoms with van der Waals surface area (Å²) in [5, 5.41) is 0.378. The van der Waals surface area contributed by atoms with Crippen LogP contribution in [0.15, 0.2) is 12.3 Å². The number of amides is 2. The Morgan fingerprint density at radius 1 is 1.50 bits per heavy atom. The fourth-order valence-corrected chi connectivity index (χ4v) is 2.11. The quantitative estimate of drug-likeness (QED) is 0.730. The Kier molecular flexibility index (Phi) is 3.60. The number of carbonyl (C=O) groups is 2. The van der Waals surface area contributed by atoms with Gasteiger partial charge in [0.25, 0.3) is 0 Å². The van der Waals surface area contributed by atoms with Gasteiger partial charge in [-0.3, -0.25) is 0 Å². The molecule has 2 rings (SSSR count). The first kappa shape index (κ1) is 14.6. The molecule has 0 bridgehead atoms. The lowest BCUT2D eigenvalue weighted by Gasteiger charge is -2.31. The fraction of sp³-hybridized carbons (Fsp3) is 0.462. The molecule has 0 radical (unpaired) electrons. The van der Waals surface area contributed by atoms with Crippen LogP contribution in [-0.4, -0.2) is 22.8 Å². The Labute approximate surface area is 121 Å². The van der Waals surface area contributed by atoms with Gasteiger partial charge in [0.2, 0.25) is 0 Å². The fourth-order valence-electron chi connectivity index (χ4n) is 1.81. The molecule has 2 amide bonds. The van der Waals surface area contributed by atoms with Crippen molar-refractivity contribution in [3.8, 4) is 0 Å². The monoisotopic (exact) mass is 298 g/mol. The van der Waals surface area contributed by atoms with E-state index in [9.17, 15) is 9.59 Å². The number of rotatable bonds is 0. The van der Waals surface area contributed by atoms with Gasteiger partial charge in [-0.25, -0.2) is 14.6 Å². The number of aromatic nitrogens is 1. The molecular formula is C13H15ClN2O4. The summed E-state index contributed by atoms with van der Waals surface area (Å²) in [4.78, 5) is 28.9. The maximum absolute atomic E-state index is 12.1. The van der Waals surface area contributed by atoms with E-state index in [-0.39, 0.29) is 5.82 Å². The van der Waals surface area contributed by atoms with E-state index < -0.39 is 23.9 Å². The number of ether oxygens (including phenoxy) is 2. The first-order valence-electron chi connectivity index (χ1n) is 6.09. The van der Waals surface area contributed by atoms with Crippen molar-refractivity contribution in [3.63, 3.8) is 0 Å². The summed E-state index contributed by atoms with van der Waals surface area (Å²) in [7, 11) is 0. The molecule has 7 heteroatoms. The third kappa shape index (κ3) is 2.70. The van der Waals surface area contributed by atoms with Gasteiger partial charge >= 0.3 is 12.2 Å². The van der Waals surface area contributed by atoms with E-state index in [0.717, 1.165) is 4.90 Å². The predicted molar refractivity (Wildman–Crippen MR) is 72.9 cm³/mol. The van der Waals surface area contributed by atoms with Crippen LogP contribution in [0.5, 0.6) is 0 Å². The standard InChI is InChI=1S/C13H15ClN2O4/c1-7-9-8(14)5-6-15-10(9)16(11(17)19-7)12(18)20-13(2,3)4/h5-7H,1-4H3/t7-/m0/s1. The molecule has 1 aromatic rings. The van der Waals surface area contributed by atoms with Gasteiger partial charge in [0.15, 0.2) is 5.82 Å². The number of hydrogen-bond donors (Lipinski definition) is 0. The summed E-state index contributed by atoms with van der Waals surface area (Å²) < 4.78 is 10.3. The van der Waals surface area contributed by atoms with Crippen LogP contribution in [0.4, 0.5) is 15.4 Å². The van der Waals surface area contributed by atoms with Crippen molar-refractivity contribution in [1.29, 1.82) is 0 Å². The third-order valence-corrected chi connectivity index (χ3v) is 2.90. The lowest BCUT2D eigenvalue weighted by Crippen LogP contribution is -2.45. The van der Waals surface area contributed by atoms with Crippen molar-refractivity contribution >= 4 is 29.6 Å². The van der Waals surface area contributed by atoms with E-state index in [1.54, 1.807) is 33.8 Å². The Balaban J connectivity index is 2.45. The number of nitrogens with zero attached hydrogens (tertiary/aromatic N) is 2. The van der Waals surface area contributed by atoms with Gasteiger partial charge in [-0.1, -0.05) is 11.6 Å². The first-order chi connectivity index (χ1) is 9.20. The zero-order chi connectivity index (χ0) is 15.1. The molecule has 0 aliphatic carbocycles. The molecule has 0 saturated heterocycles. The smallest absolute Gasteiger partial charge is 0.425 e. The molecule has 0 unspecified atom stereocenters. The van der Waals surface area contributed by atoms with Crippen LogP contribution in [0, 0.1) is 0 Å². The second-order valence-electron chi connectivity index (χ2n) is 5.37. The molecule has 1 atom stereocenters. The summed E-state index contributed by atoms with van der Waals surface area (Å²) >= 11 is 6.08. The van der Waals surface area contributed by atoms with Crippen molar-refractivity contribution in [2.45, 2.75) is 39.4 Å². The van der Waals surface area contributed by atoms with Crippen LogP contribution in [0.1, 0.15) is 39.4 Å². The van der Waals surface area contributed by atoms with Gasteiger partial charge in [0.1, 0.15) is 11.7 Å². The number of hydrogen-bond acceptors (Lipinski definition) is 5. The van der Waals surface area contributed by atoms with E-state index >= 15 is 0 Å². The van der Waals surface area contributed by atoms with Crippen molar-refractivity contribution in [1.82, 2.24) is 4.98 Å². The average Bonchev–Trinajstić information content (AvgIpc) is 2.25. The second kappa shape index (κ2) is 4.94. The molecule has 1 aliphatic heterocycles. The van der Waals surface area contributed by atoms with Crippen LogP contribution in [-0.2, 0) is 9.47 Å². The SMILES string of the molecule is C[C@@H]1OC(=O)N(C(=O)OC(C)(C)C)c2nccc(Cl)c21. The maximum Gasteiger partial charge on any atom is 0.425 e. The molecule has 108 valence electrons. The Bertz CT molecular complexity index is 568. The minimum Gasteiger partial charge on any atom is -0.443 e. The van der Waals surface area contributed by atoms with Gasteiger partial charge in [-0.15, -0.1) is 0 Å². The highest BCUT2D eigenvalue weighted by Crippen LogP contribution is 2.37. The van der Waals surface area contributed by atoms with Gasteiger partial charge in [-0.05, 0) is 33.8 Å². The highest BCUT2D eigenvalue weighted by Gasteiger charge is 2.39. The zero-order valence-electron chi connectivity index (χ0n) is 11.6. The number of imide groups is 1. The number of anilines is 1. The topological polar surface area (TPSA) is 68.7 Å². The maximum atomic E-state index is 12.1. The molecule has 0 spiro atoms. The number of halogens is 1. The molecule has 6 nitrogen and oxygen atoms in total. The summed E-state index contributed by atoms with van der Waals surface area (Å²) in [5.74, 6) is 0.149. The molecule has 0 aromatic carbocycles. The molecule has 0 fully saturated rings. The lowest BCUT2D eigenvalue weighted by atomic mass is 10.1. The second-order valence-corrected chi connectivity index (χ2v) is 5.78. The average molecular weight is 299 g/mol. The van der Waals surface area contributed by atoms with Crippen molar-refractivity contribution in [2.75, 3.05) is 4.90 Å². The van der Waals surface area contributed by atoms with Crippen molar-refractivity contribution in [2.24, 2.45) is 0 Å². The van der Waals surface area contributed by atoms with Crippen molar-refractivity contribution < 1.29 is 19.1 Å². The van der Waals surface area contributed by atoms with Crippen LogP contribution < -0.4 is 4.90 Å². The minimum absolute atomic E-state index is 0.149. The van der Waals surface area contributed by atoms with E-state index in [2.05, 4.69) is 4.98 Å². The highest BCUT2D eigenvalue weighted by molar-refractivity contribution is 6.32. The Morgan fingerprint density at radius 2 is 2.15 bits per heavy atom. The van der Waals surface area contributed by atoms with Gasteiger partial charge in [0.05, 0.1) is 10.6 Å². The van der Waals surface area contributed by atoms with E-state index in [0.29, 0.717) is 10.6 Å². The predicted octanol–water partition coefficient (Wildman–Crippen LogP) is 3.69. The normalized spacial score (nSPS) is 18.4. The molecule has 2 heterocycles. The summed E-state index contributed by atoms with van der Waals surface area (Å²) in [6, 6.07) is 1.57. The van der Waals surface area contributed by atoms with Crippen LogP contribution in [0.2, 0.25) is 5.02 Å². The molecule has 0 saturated carbocycles. The molecular weight excluding hydrogens is 284 g/mol. The minimum atomic E-state index is -0.842. The third-order valence-electron chi connectivity index (χ3n) is 2.57. The van der Waals surface area contributed by atoms with Crippen LogP contribution in [0.25, 0.3) is 0 Å². The molecule has 20 heavy (non-hydrogen) atoms. The highest BCUT2D eigenvalue weighted by atomic mass is 35.5. The lowest BCUT2D eigenvalue weighted by molar-refractivity contribution is 0.0525. The number of pyridine rings is 1.